The minimum atomic E-state index is -0.200. The Balaban J connectivity index is 0. The average molecular weight is 316 g/mol. The number of ketones is 1. The van der Waals surface area contributed by atoms with E-state index >= 15 is 0 Å². The molecular formula is C19H41NO2. The first-order valence-electron chi connectivity index (χ1n) is 8.51. The van der Waals surface area contributed by atoms with E-state index in [4.69, 9.17) is 10.8 Å². The van der Waals surface area contributed by atoms with Crippen molar-refractivity contribution in [2.24, 2.45) is 28.4 Å². The quantitative estimate of drug-likeness (QED) is 0.731. The van der Waals surface area contributed by atoms with E-state index in [0.717, 1.165) is 6.42 Å². The second kappa shape index (κ2) is 9.02. The predicted octanol–water partition coefficient (Wildman–Crippen LogP) is 4.42. The second-order valence-corrected chi connectivity index (χ2v) is 9.19. The standard InChI is InChI=1S/C14H28O.C5H13NO/c1-10(2)12(15)14(7,8)9-13(5,6)11(3)4;1-5(2,6)3-4-7/h10-11H,9H2,1-8H3;7H,3-4,6H2,1-2H3. The van der Waals surface area contributed by atoms with Crippen LogP contribution in [0.3, 0.4) is 0 Å². The molecule has 0 aromatic heterocycles. The van der Waals surface area contributed by atoms with Crippen molar-refractivity contribution in [1.82, 2.24) is 0 Å². The summed E-state index contributed by atoms with van der Waals surface area (Å²) < 4.78 is 0. The molecule has 0 aliphatic rings. The van der Waals surface area contributed by atoms with E-state index in [1.807, 2.05) is 27.7 Å². The summed E-state index contributed by atoms with van der Waals surface area (Å²) in [7, 11) is 0. The number of aliphatic hydroxyl groups is 1. The van der Waals surface area contributed by atoms with E-state index in [1.165, 1.54) is 0 Å². The molecule has 0 saturated carbocycles. The summed E-state index contributed by atoms with van der Waals surface area (Å²) in [5.74, 6) is 1.14. The summed E-state index contributed by atoms with van der Waals surface area (Å²) in [4.78, 5) is 12.1. The van der Waals surface area contributed by atoms with Gasteiger partial charge in [0, 0.05) is 23.5 Å². The first kappa shape index (κ1) is 23.9. The van der Waals surface area contributed by atoms with Gasteiger partial charge in [-0.3, -0.25) is 4.79 Å². The Morgan fingerprint density at radius 3 is 1.59 bits per heavy atom. The number of hydrogen-bond donors (Lipinski definition) is 2. The van der Waals surface area contributed by atoms with E-state index in [0.29, 0.717) is 18.1 Å². The van der Waals surface area contributed by atoms with Crippen LogP contribution < -0.4 is 5.73 Å². The average Bonchev–Trinajstić information content (AvgIpc) is 2.25. The molecule has 0 amide bonds. The molecule has 0 spiro atoms. The summed E-state index contributed by atoms with van der Waals surface area (Å²) in [5.41, 5.74) is 5.32. The fourth-order valence-corrected chi connectivity index (χ4v) is 2.50. The predicted molar refractivity (Wildman–Crippen MR) is 96.8 cm³/mol. The molecule has 22 heavy (non-hydrogen) atoms. The number of carbonyl (C=O) groups is 1. The minimum Gasteiger partial charge on any atom is -0.396 e. The van der Waals surface area contributed by atoms with Gasteiger partial charge < -0.3 is 10.8 Å². The monoisotopic (exact) mass is 315 g/mol. The van der Waals surface area contributed by atoms with Crippen molar-refractivity contribution in [3.05, 3.63) is 0 Å². The van der Waals surface area contributed by atoms with Crippen LogP contribution in [0.2, 0.25) is 0 Å². The van der Waals surface area contributed by atoms with Crippen LogP contribution in [-0.4, -0.2) is 23.0 Å². The highest BCUT2D eigenvalue weighted by atomic mass is 16.3. The Bertz CT molecular complexity index is 323. The van der Waals surface area contributed by atoms with E-state index in [1.54, 1.807) is 0 Å². The lowest BCUT2D eigenvalue weighted by Gasteiger charge is -2.37. The highest BCUT2D eigenvalue weighted by Crippen LogP contribution is 2.40. The van der Waals surface area contributed by atoms with Crippen molar-refractivity contribution >= 4 is 5.78 Å². The second-order valence-electron chi connectivity index (χ2n) is 9.19. The molecule has 0 saturated heterocycles. The molecule has 0 atom stereocenters. The smallest absolute Gasteiger partial charge is 0.141 e. The first-order valence-corrected chi connectivity index (χ1v) is 8.51. The molecular weight excluding hydrogens is 274 g/mol. The van der Waals surface area contributed by atoms with Gasteiger partial charge in [-0.05, 0) is 38.0 Å². The molecule has 0 aliphatic heterocycles. The maximum Gasteiger partial charge on any atom is 0.141 e. The van der Waals surface area contributed by atoms with Gasteiger partial charge >= 0.3 is 0 Å². The number of Topliss-reactive ketones (excluding diaryl/α,β-unsaturated/α-hetero) is 1. The van der Waals surface area contributed by atoms with E-state index in [-0.39, 0.29) is 28.9 Å². The van der Waals surface area contributed by atoms with Crippen molar-refractivity contribution in [2.45, 2.75) is 87.6 Å². The van der Waals surface area contributed by atoms with Gasteiger partial charge in [0.15, 0.2) is 0 Å². The molecule has 3 nitrogen and oxygen atoms in total. The van der Waals surface area contributed by atoms with Crippen LogP contribution in [0.5, 0.6) is 0 Å². The van der Waals surface area contributed by atoms with Crippen LogP contribution in [0.25, 0.3) is 0 Å². The lowest BCUT2D eigenvalue weighted by atomic mass is 9.66. The molecule has 0 rings (SSSR count). The van der Waals surface area contributed by atoms with Crippen molar-refractivity contribution in [3.8, 4) is 0 Å². The molecule has 0 radical (unpaired) electrons. The van der Waals surface area contributed by atoms with Crippen molar-refractivity contribution in [2.75, 3.05) is 6.61 Å². The number of carbonyl (C=O) groups excluding carboxylic acids is 1. The number of rotatable bonds is 7. The Morgan fingerprint density at radius 2 is 1.41 bits per heavy atom. The van der Waals surface area contributed by atoms with Crippen LogP contribution in [0, 0.1) is 22.7 Å². The van der Waals surface area contributed by atoms with Crippen LogP contribution in [0.4, 0.5) is 0 Å². The fraction of sp³-hybridized carbons (Fsp3) is 0.947. The van der Waals surface area contributed by atoms with Gasteiger partial charge in [0.2, 0.25) is 0 Å². The number of nitrogens with two attached hydrogens (primary N) is 1. The van der Waals surface area contributed by atoms with Crippen molar-refractivity contribution in [3.63, 3.8) is 0 Å². The van der Waals surface area contributed by atoms with E-state index in [9.17, 15) is 4.79 Å². The third-order valence-corrected chi connectivity index (χ3v) is 4.41. The molecule has 3 N–H and O–H groups in total. The summed E-state index contributed by atoms with van der Waals surface area (Å²) in [6.45, 7) is 21.1. The molecule has 134 valence electrons. The van der Waals surface area contributed by atoms with Gasteiger partial charge in [-0.25, -0.2) is 0 Å². The van der Waals surface area contributed by atoms with Crippen LogP contribution in [0.15, 0.2) is 0 Å². The molecule has 0 aromatic carbocycles. The zero-order valence-electron chi connectivity index (χ0n) is 16.7. The Kier molecular flexibility index (Phi) is 9.78. The molecule has 0 unspecified atom stereocenters. The van der Waals surface area contributed by atoms with Crippen LogP contribution in [0.1, 0.15) is 82.1 Å². The molecule has 0 aromatic rings. The van der Waals surface area contributed by atoms with Gasteiger partial charge in [-0.2, -0.15) is 0 Å². The van der Waals surface area contributed by atoms with Gasteiger partial charge in [0.05, 0.1) is 0 Å². The van der Waals surface area contributed by atoms with Gasteiger partial charge in [-0.1, -0.05) is 55.4 Å². The van der Waals surface area contributed by atoms with E-state index in [2.05, 4.69) is 41.5 Å². The van der Waals surface area contributed by atoms with Crippen molar-refractivity contribution < 1.29 is 9.90 Å². The lowest BCUT2D eigenvalue weighted by Crippen LogP contribution is -2.35. The SMILES string of the molecule is CC(C)(N)CCO.CC(C)C(=O)C(C)(C)CC(C)(C)C(C)C. The normalized spacial score (nSPS) is 13.2. The third kappa shape index (κ3) is 10.3. The lowest BCUT2D eigenvalue weighted by molar-refractivity contribution is -0.132. The van der Waals surface area contributed by atoms with Gasteiger partial charge in [-0.15, -0.1) is 0 Å². The molecule has 0 heterocycles. The Hall–Kier alpha value is -0.410. The van der Waals surface area contributed by atoms with Gasteiger partial charge in [0.1, 0.15) is 5.78 Å². The number of aliphatic hydroxyl groups excluding tert-OH is 1. The van der Waals surface area contributed by atoms with Gasteiger partial charge in [0.25, 0.3) is 0 Å². The zero-order chi connectivity index (χ0) is 18.4. The molecule has 0 fully saturated rings. The summed E-state index contributed by atoms with van der Waals surface area (Å²) in [5, 5.41) is 8.32. The minimum absolute atomic E-state index is 0.142. The Morgan fingerprint density at radius 1 is 1.00 bits per heavy atom. The highest BCUT2D eigenvalue weighted by molar-refractivity contribution is 5.85. The van der Waals surface area contributed by atoms with Crippen molar-refractivity contribution in [1.29, 1.82) is 0 Å². The van der Waals surface area contributed by atoms with Crippen LogP contribution >= 0.6 is 0 Å². The van der Waals surface area contributed by atoms with Crippen LogP contribution in [-0.2, 0) is 4.79 Å². The summed E-state index contributed by atoms with van der Waals surface area (Å²) in [6.07, 6.45) is 1.64. The fourth-order valence-electron chi connectivity index (χ4n) is 2.50. The molecule has 3 heteroatoms. The highest BCUT2D eigenvalue weighted by Gasteiger charge is 2.36. The topological polar surface area (TPSA) is 63.3 Å². The zero-order valence-corrected chi connectivity index (χ0v) is 16.7. The maximum atomic E-state index is 12.1. The van der Waals surface area contributed by atoms with E-state index < -0.39 is 0 Å². The Labute approximate surface area is 139 Å². The molecule has 0 bridgehead atoms. The first-order chi connectivity index (χ1) is 9.57. The third-order valence-electron chi connectivity index (χ3n) is 4.41. The molecule has 0 aliphatic carbocycles. The maximum absolute atomic E-state index is 12.1. The number of hydrogen-bond acceptors (Lipinski definition) is 3. The largest absolute Gasteiger partial charge is 0.396 e. The summed E-state index contributed by atoms with van der Waals surface area (Å²) >= 11 is 0. The summed E-state index contributed by atoms with van der Waals surface area (Å²) in [6, 6.07) is 0.